The van der Waals surface area contributed by atoms with Gasteiger partial charge in [-0.15, -0.1) is 0 Å². The lowest BCUT2D eigenvalue weighted by Gasteiger charge is -2.03. The van der Waals surface area contributed by atoms with Crippen LogP contribution in [0.25, 0.3) is 22.1 Å². The van der Waals surface area contributed by atoms with Gasteiger partial charge in [0.25, 0.3) is 0 Å². The Morgan fingerprint density at radius 3 is 2.96 bits per heavy atom. The molecule has 0 bridgehead atoms. The molecule has 0 aliphatic rings. The predicted octanol–water partition coefficient (Wildman–Crippen LogP) is 2.44. The van der Waals surface area contributed by atoms with E-state index in [-0.39, 0.29) is 12.3 Å². The van der Waals surface area contributed by atoms with Crippen LogP contribution in [0.2, 0.25) is 0 Å². The molecule has 0 atom stereocenters. The summed E-state index contributed by atoms with van der Waals surface area (Å²) in [7, 11) is 0. The van der Waals surface area contributed by atoms with Crippen LogP contribution < -0.4 is 11.1 Å². The van der Waals surface area contributed by atoms with E-state index in [2.05, 4.69) is 15.5 Å². The maximum atomic E-state index is 12.2. The van der Waals surface area contributed by atoms with Gasteiger partial charge in [0.1, 0.15) is 5.69 Å². The van der Waals surface area contributed by atoms with Crippen molar-refractivity contribution in [2.24, 2.45) is 0 Å². The van der Waals surface area contributed by atoms with Crippen molar-refractivity contribution in [1.82, 2.24) is 10.1 Å². The summed E-state index contributed by atoms with van der Waals surface area (Å²) in [6.45, 7) is 0. The normalized spacial score (nSPS) is 11.1. The van der Waals surface area contributed by atoms with Gasteiger partial charge in [-0.1, -0.05) is 17.3 Å². The SMILES string of the molecule is O=C(Cc1noc2ccccc12)Nc1ccc2oc(=O)[nH]c2c1. The number of carbonyl (C=O) groups excluding carboxylic acids is 1. The molecule has 2 aromatic heterocycles. The van der Waals surface area contributed by atoms with Crippen LogP contribution in [0, 0.1) is 0 Å². The summed E-state index contributed by atoms with van der Waals surface area (Å²) in [5.41, 5.74) is 2.76. The van der Waals surface area contributed by atoms with Crippen LogP contribution in [-0.2, 0) is 11.2 Å². The molecule has 114 valence electrons. The molecular weight excluding hydrogens is 298 g/mol. The molecule has 0 radical (unpaired) electrons. The van der Waals surface area contributed by atoms with Crippen molar-refractivity contribution in [3.8, 4) is 0 Å². The molecule has 7 heteroatoms. The molecule has 4 aromatic rings. The number of hydrogen-bond acceptors (Lipinski definition) is 5. The summed E-state index contributed by atoms with van der Waals surface area (Å²) >= 11 is 0. The predicted molar refractivity (Wildman–Crippen MR) is 83.2 cm³/mol. The zero-order valence-electron chi connectivity index (χ0n) is 11.8. The third kappa shape index (κ3) is 2.48. The van der Waals surface area contributed by atoms with Crippen molar-refractivity contribution in [3.05, 3.63) is 58.7 Å². The summed E-state index contributed by atoms with van der Waals surface area (Å²) in [6.07, 6.45) is 0.0942. The third-order valence-electron chi connectivity index (χ3n) is 3.48. The maximum absolute atomic E-state index is 12.2. The number of nitrogens with zero attached hydrogens (tertiary/aromatic N) is 1. The largest absolute Gasteiger partial charge is 0.417 e. The number of aromatic nitrogens is 2. The Labute approximate surface area is 128 Å². The fourth-order valence-corrected chi connectivity index (χ4v) is 2.45. The number of aromatic amines is 1. The van der Waals surface area contributed by atoms with Crippen LogP contribution >= 0.6 is 0 Å². The number of oxazole rings is 1. The fraction of sp³-hybridized carbons (Fsp3) is 0.0625. The van der Waals surface area contributed by atoms with Crippen molar-refractivity contribution in [1.29, 1.82) is 0 Å². The maximum Gasteiger partial charge on any atom is 0.417 e. The van der Waals surface area contributed by atoms with E-state index in [9.17, 15) is 9.59 Å². The second-order valence-corrected chi connectivity index (χ2v) is 5.08. The van der Waals surface area contributed by atoms with Crippen molar-refractivity contribution in [3.63, 3.8) is 0 Å². The number of anilines is 1. The molecule has 7 nitrogen and oxygen atoms in total. The third-order valence-corrected chi connectivity index (χ3v) is 3.48. The Morgan fingerprint density at radius 1 is 1.17 bits per heavy atom. The van der Waals surface area contributed by atoms with E-state index in [4.69, 9.17) is 8.94 Å². The average Bonchev–Trinajstić information content (AvgIpc) is 3.10. The van der Waals surface area contributed by atoms with E-state index in [0.717, 1.165) is 5.39 Å². The van der Waals surface area contributed by atoms with E-state index in [1.54, 1.807) is 24.3 Å². The minimum Gasteiger partial charge on any atom is -0.408 e. The highest BCUT2D eigenvalue weighted by molar-refractivity contribution is 5.95. The number of rotatable bonds is 3. The van der Waals surface area contributed by atoms with E-state index in [0.29, 0.717) is 28.1 Å². The Kier molecular flexibility index (Phi) is 2.97. The van der Waals surface area contributed by atoms with Crippen molar-refractivity contribution >= 4 is 33.7 Å². The highest BCUT2D eigenvalue weighted by atomic mass is 16.5. The number of benzene rings is 2. The zero-order valence-corrected chi connectivity index (χ0v) is 11.8. The van der Waals surface area contributed by atoms with Gasteiger partial charge in [0.15, 0.2) is 11.2 Å². The monoisotopic (exact) mass is 309 g/mol. The van der Waals surface area contributed by atoms with Gasteiger partial charge in [0.05, 0.1) is 11.9 Å². The Balaban J connectivity index is 1.55. The Hall–Kier alpha value is -3.35. The van der Waals surface area contributed by atoms with E-state index in [1.807, 2.05) is 18.2 Å². The first-order chi connectivity index (χ1) is 11.2. The number of amides is 1. The van der Waals surface area contributed by atoms with Gasteiger partial charge >= 0.3 is 5.76 Å². The van der Waals surface area contributed by atoms with Gasteiger partial charge in [-0.25, -0.2) is 4.79 Å². The van der Waals surface area contributed by atoms with Crippen LogP contribution in [0.5, 0.6) is 0 Å². The van der Waals surface area contributed by atoms with Gasteiger partial charge in [0.2, 0.25) is 5.91 Å². The highest BCUT2D eigenvalue weighted by Gasteiger charge is 2.12. The second-order valence-electron chi connectivity index (χ2n) is 5.08. The first kappa shape index (κ1) is 13.3. The Morgan fingerprint density at radius 2 is 2.04 bits per heavy atom. The molecule has 1 amide bonds. The zero-order chi connectivity index (χ0) is 15.8. The molecule has 0 aliphatic heterocycles. The smallest absolute Gasteiger partial charge is 0.408 e. The topological polar surface area (TPSA) is 101 Å². The van der Waals surface area contributed by atoms with Crippen LogP contribution in [0.15, 0.2) is 56.2 Å². The lowest BCUT2D eigenvalue weighted by molar-refractivity contribution is -0.115. The van der Waals surface area contributed by atoms with Crippen molar-refractivity contribution < 1.29 is 13.7 Å². The van der Waals surface area contributed by atoms with E-state index >= 15 is 0 Å². The summed E-state index contributed by atoms with van der Waals surface area (Å²) in [4.78, 5) is 25.8. The highest BCUT2D eigenvalue weighted by Crippen LogP contribution is 2.19. The molecule has 2 N–H and O–H groups in total. The van der Waals surface area contributed by atoms with Gasteiger partial charge in [-0.3, -0.25) is 9.78 Å². The van der Waals surface area contributed by atoms with Gasteiger partial charge in [-0.05, 0) is 30.3 Å². The van der Waals surface area contributed by atoms with Gasteiger partial charge < -0.3 is 14.3 Å². The lowest BCUT2D eigenvalue weighted by Crippen LogP contribution is -2.14. The summed E-state index contributed by atoms with van der Waals surface area (Å²) in [5, 5.41) is 7.51. The summed E-state index contributed by atoms with van der Waals surface area (Å²) < 4.78 is 10.1. The summed E-state index contributed by atoms with van der Waals surface area (Å²) in [5.74, 6) is -0.758. The molecule has 23 heavy (non-hydrogen) atoms. The first-order valence-corrected chi connectivity index (χ1v) is 6.95. The fourth-order valence-electron chi connectivity index (χ4n) is 2.45. The molecule has 0 saturated heterocycles. The minimum atomic E-state index is -0.530. The number of para-hydroxylation sites is 1. The van der Waals surface area contributed by atoms with E-state index < -0.39 is 5.76 Å². The minimum absolute atomic E-state index is 0.0942. The van der Waals surface area contributed by atoms with Crippen molar-refractivity contribution in [2.75, 3.05) is 5.32 Å². The first-order valence-electron chi connectivity index (χ1n) is 6.95. The quantitative estimate of drug-likeness (QED) is 0.605. The van der Waals surface area contributed by atoms with Gasteiger partial charge in [0, 0.05) is 11.1 Å². The van der Waals surface area contributed by atoms with Crippen LogP contribution in [0.3, 0.4) is 0 Å². The van der Waals surface area contributed by atoms with Crippen molar-refractivity contribution in [2.45, 2.75) is 6.42 Å². The second kappa shape index (κ2) is 5.13. The molecule has 0 saturated carbocycles. The molecule has 4 rings (SSSR count). The molecular formula is C16H11N3O4. The number of carbonyl (C=O) groups is 1. The molecule has 0 fully saturated rings. The Bertz CT molecular complexity index is 1070. The van der Waals surface area contributed by atoms with Crippen LogP contribution in [0.4, 0.5) is 5.69 Å². The standard InChI is InChI=1S/C16H11N3O4/c20-15(8-11-10-3-1-2-4-13(10)23-19-11)17-9-5-6-14-12(7-9)18-16(21)22-14/h1-7H,8H2,(H,17,20)(H,18,21). The number of H-pyrrole nitrogens is 1. The molecule has 2 heterocycles. The average molecular weight is 309 g/mol. The molecule has 2 aromatic carbocycles. The van der Waals surface area contributed by atoms with Gasteiger partial charge in [-0.2, -0.15) is 0 Å². The van der Waals surface area contributed by atoms with E-state index in [1.165, 1.54) is 0 Å². The summed E-state index contributed by atoms with van der Waals surface area (Å²) in [6, 6.07) is 12.3. The van der Waals surface area contributed by atoms with Crippen LogP contribution in [0.1, 0.15) is 5.69 Å². The number of hydrogen-bond donors (Lipinski definition) is 2. The lowest BCUT2D eigenvalue weighted by atomic mass is 10.1. The van der Waals surface area contributed by atoms with Crippen LogP contribution in [-0.4, -0.2) is 16.0 Å². The molecule has 0 unspecified atom stereocenters. The number of fused-ring (bicyclic) bond motifs is 2. The number of nitrogens with one attached hydrogen (secondary N) is 2. The molecule has 0 spiro atoms. The molecule has 0 aliphatic carbocycles.